The van der Waals surface area contributed by atoms with Crippen molar-refractivity contribution in [3.63, 3.8) is 0 Å². The van der Waals surface area contributed by atoms with E-state index < -0.39 is 0 Å². The summed E-state index contributed by atoms with van der Waals surface area (Å²) in [4.78, 5) is 13.0. The van der Waals surface area contributed by atoms with Crippen LogP contribution in [0.4, 0.5) is 5.69 Å². The molecule has 0 saturated carbocycles. The lowest BCUT2D eigenvalue weighted by Crippen LogP contribution is -2.17. The molecule has 3 N–H and O–H groups in total. The molecule has 1 amide bonds. The van der Waals surface area contributed by atoms with Crippen molar-refractivity contribution in [1.82, 2.24) is 9.59 Å². The SMILES string of the molecule is CCc1nnsc1C(=O)Nc1cc(Br)ccc1C(N)=S. The normalized spacial score (nSPS) is 10.3. The quantitative estimate of drug-likeness (QED) is 0.808. The number of nitrogens with zero attached hydrogens (tertiary/aromatic N) is 2. The zero-order valence-electron chi connectivity index (χ0n) is 10.5. The highest BCUT2D eigenvalue weighted by atomic mass is 79.9. The number of aryl methyl sites for hydroxylation is 1. The summed E-state index contributed by atoms with van der Waals surface area (Å²) in [7, 11) is 0. The van der Waals surface area contributed by atoms with Crippen molar-refractivity contribution < 1.29 is 4.79 Å². The van der Waals surface area contributed by atoms with E-state index in [1.165, 1.54) is 0 Å². The minimum atomic E-state index is -0.257. The van der Waals surface area contributed by atoms with Crippen molar-refractivity contribution in [3.05, 3.63) is 38.8 Å². The van der Waals surface area contributed by atoms with E-state index in [4.69, 9.17) is 18.0 Å². The molecule has 1 aromatic heterocycles. The predicted molar refractivity (Wildman–Crippen MR) is 87.3 cm³/mol. The Hall–Kier alpha value is -1.38. The first-order valence-electron chi connectivity index (χ1n) is 5.74. The van der Waals surface area contributed by atoms with Crippen LogP contribution in [0.2, 0.25) is 0 Å². The summed E-state index contributed by atoms with van der Waals surface area (Å²) in [6, 6.07) is 5.33. The number of benzene rings is 1. The van der Waals surface area contributed by atoms with Crippen molar-refractivity contribution in [3.8, 4) is 0 Å². The first-order valence-corrected chi connectivity index (χ1v) is 7.72. The van der Waals surface area contributed by atoms with Crippen molar-refractivity contribution in [2.75, 3.05) is 5.32 Å². The summed E-state index contributed by atoms with van der Waals surface area (Å²) in [6.07, 6.45) is 0.653. The van der Waals surface area contributed by atoms with Crippen LogP contribution in [0, 0.1) is 0 Å². The van der Waals surface area contributed by atoms with Gasteiger partial charge in [0.25, 0.3) is 5.91 Å². The van der Waals surface area contributed by atoms with Gasteiger partial charge in [0.15, 0.2) is 0 Å². The Morgan fingerprint density at radius 3 is 2.95 bits per heavy atom. The second kappa shape index (κ2) is 6.38. The number of carbonyl (C=O) groups excluding carboxylic acids is 1. The van der Waals surface area contributed by atoms with E-state index in [0.717, 1.165) is 16.0 Å². The van der Waals surface area contributed by atoms with Crippen LogP contribution in [0.15, 0.2) is 22.7 Å². The summed E-state index contributed by atoms with van der Waals surface area (Å²) in [6.45, 7) is 1.92. The number of aromatic nitrogens is 2. The molecule has 0 spiro atoms. The summed E-state index contributed by atoms with van der Waals surface area (Å²) >= 11 is 9.41. The smallest absolute Gasteiger partial charge is 0.269 e. The highest BCUT2D eigenvalue weighted by Gasteiger charge is 2.17. The van der Waals surface area contributed by atoms with Gasteiger partial charge in [0.1, 0.15) is 9.87 Å². The van der Waals surface area contributed by atoms with Crippen molar-refractivity contribution in [1.29, 1.82) is 0 Å². The first kappa shape index (κ1) is 15.0. The van der Waals surface area contributed by atoms with Gasteiger partial charge in [-0.05, 0) is 36.2 Å². The maximum Gasteiger partial charge on any atom is 0.269 e. The van der Waals surface area contributed by atoms with Gasteiger partial charge in [-0.25, -0.2) is 0 Å². The Bertz CT molecular complexity index is 671. The van der Waals surface area contributed by atoms with Gasteiger partial charge in [0.2, 0.25) is 0 Å². The topological polar surface area (TPSA) is 80.9 Å². The van der Waals surface area contributed by atoms with Gasteiger partial charge in [-0.1, -0.05) is 39.6 Å². The third-order valence-electron chi connectivity index (χ3n) is 2.59. The third kappa shape index (κ3) is 3.20. The van der Waals surface area contributed by atoms with Gasteiger partial charge < -0.3 is 11.1 Å². The van der Waals surface area contributed by atoms with E-state index in [2.05, 4.69) is 30.8 Å². The summed E-state index contributed by atoms with van der Waals surface area (Å²) in [5, 5.41) is 6.72. The summed E-state index contributed by atoms with van der Waals surface area (Å²) in [5.41, 5.74) is 7.52. The summed E-state index contributed by atoms with van der Waals surface area (Å²) < 4.78 is 4.63. The molecule has 2 rings (SSSR count). The number of rotatable bonds is 4. The number of anilines is 1. The fourth-order valence-corrected chi connectivity index (χ4v) is 2.81. The minimum absolute atomic E-state index is 0.228. The lowest BCUT2D eigenvalue weighted by atomic mass is 10.1. The van der Waals surface area contributed by atoms with Crippen LogP contribution < -0.4 is 11.1 Å². The molecule has 5 nitrogen and oxygen atoms in total. The van der Waals surface area contributed by atoms with Gasteiger partial charge >= 0.3 is 0 Å². The molecule has 0 aliphatic carbocycles. The van der Waals surface area contributed by atoms with Crippen molar-refractivity contribution in [2.45, 2.75) is 13.3 Å². The fourth-order valence-electron chi connectivity index (χ4n) is 1.63. The second-order valence-electron chi connectivity index (χ2n) is 3.91. The minimum Gasteiger partial charge on any atom is -0.389 e. The number of hydrogen-bond donors (Lipinski definition) is 2. The molecule has 8 heteroatoms. The van der Waals surface area contributed by atoms with E-state index in [-0.39, 0.29) is 10.9 Å². The Kier molecular flexibility index (Phi) is 4.79. The number of nitrogens with one attached hydrogen (secondary N) is 1. The van der Waals surface area contributed by atoms with Crippen LogP contribution in [0.1, 0.15) is 27.9 Å². The van der Waals surface area contributed by atoms with Gasteiger partial charge in [0, 0.05) is 10.0 Å². The number of hydrogen-bond acceptors (Lipinski definition) is 5. The molecule has 1 aromatic carbocycles. The van der Waals surface area contributed by atoms with Crippen LogP contribution in [-0.4, -0.2) is 20.5 Å². The molecule has 104 valence electrons. The lowest BCUT2D eigenvalue weighted by Gasteiger charge is -2.10. The van der Waals surface area contributed by atoms with Gasteiger partial charge in [-0.3, -0.25) is 4.79 Å². The standard InChI is InChI=1S/C12H11BrN4OS2/c1-2-8-10(20-17-16-8)12(18)15-9-5-6(13)3-4-7(9)11(14)19/h3-5H,2H2,1H3,(H2,14,19)(H,15,18). The van der Waals surface area contributed by atoms with Gasteiger partial charge in [0.05, 0.1) is 11.4 Å². The molecule has 0 saturated heterocycles. The molecule has 1 heterocycles. The van der Waals surface area contributed by atoms with Crippen LogP contribution in [0.3, 0.4) is 0 Å². The molecule has 0 atom stereocenters. The highest BCUT2D eigenvalue weighted by Crippen LogP contribution is 2.23. The number of nitrogens with two attached hydrogens (primary N) is 1. The largest absolute Gasteiger partial charge is 0.389 e. The fraction of sp³-hybridized carbons (Fsp3) is 0.167. The maximum atomic E-state index is 12.3. The van der Waals surface area contributed by atoms with Crippen LogP contribution in [0.25, 0.3) is 0 Å². The highest BCUT2D eigenvalue weighted by molar-refractivity contribution is 9.10. The second-order valence-corrected chi connectivity index (χ2v) is 6.02. The predicted octanol–water partition coefficient (Wildman–Crippen LogP) is 2.75. The maximum absolute atomic E-state index is 12.3. The monoisotopic (exact) mass is 370 g/mol. The number of amides is 1. The molecular weight excluding hydrogens is 360 g/mol. The molecule has 0 aliphatic heterocycles. The first-order chi connectivity index (χ1) is 9.52. The molecule has 2 aromatic rings. The van der Waals surface area contributed by atoms with E-state index >= 15 is 0 Å². The molecule has 0 aliphatic rings. The lowest BCUT2D eigenvalue weighted by molar-refractivity contribution is 0.102. The number of thiocarbonyl (C=S) groups is 1. The Balaban J connectivity index is 2.32. The molecule has 0 bridgehead atoms. The molecular formula is C12H11BrN4OS2. The average Bonchev–Trinajstić information content (AvgIpc) is 2.86. The molecule has 0 fully saturated rings. The van der Waals surface area contributed by atoms with E-state index in [1.54, 1.807) is 12.1 Å². The van der Waals surface area contributed by atoms with Crippen LogP contribution >= 0.6 is 39.7 Å². The number of carbonyl (C=O) groups is 1. The van der Waals surface area contributed by atoms with Gasteiger partial charge in [-0.2, -0.15) is 0 Å². The zero-order valence-corrected chi connectivity index (χ0v) is 13.7. The average molecular weight is 371 g/mol. The Labute approximate surface area is 133 Å². The van der Waals surface area contributed by atoms with Crippen LogP contribution in [0.5, 0.6) is 0 Å². The van der Waals surface area contributed by atoms with Crippen molar-refractivity contribution >= 4 is 56.3 Å². The van der Waals surface area contributed by atoms with Crippen LogP contribution in [-0.2, 0) is 6.42 Å². The molecule has 20 heavy (non-hydrogen) atoms. The molecule has 0 unspecified atom stereocenters. The van der Waals surface area contributed by atoms with Gasteiger partial charge in [-0.15, -0.1) is 5.10 Å². The number of halogens is 1. The third-order valence-corrected chi connectivity index (χ3v) is 4.07. The zero-order chi connectivity index (χ0) is 14.7. The van der Waals surface area contributed by atoms with E-state index in [9.17, 15) is 4.79 Å². The molecule has 0 radical (unpaired) electrons. The van der Waals surface area contributed by atoms with E-state index in [1.807, 2.05) is 13.0 Å². The Morgan fingerprint density at radius 1 is 1.55 bits per heavy atom. The van der Waals surface area contributed by atoms with Crippen molar-refractivity contribution in [2.24, 2.45) is 5.73 Å². The summed E-state index contributed by atoms with van der Waals surface area (Å²) in [5.74, 6) is -0.257. The Morgan fingerprint density at radius 2 is 2.30 bits per heavy atom. The van der Waals surface area contributed by atoms with E-state index in [0.29, 0.717) is 28.2 Å².